The van der Waals surface area contributed by atoms with E-state index in [0.717, 1.165) is 0 Å². The van der Waals surface area contributed by atoms with Gasteiger partial charge in [-0.05, 0) is 25.5 Å². The highest BCUT2D eigenvalue weighted by Gasteiger charge is 2.17. The lowest BCUT2D eigenvalue weighted by Gasteiger charge is -2.09. The quantitative estimate of drug-likeness (QED) is 0.227. The number of thioether (sulfide) groups is 1. The van der Waals surface area contributed by atoms with Gasteiger partial charge in [0.15, 0.2) is 5.16 Å². The van der Waals surface area contributed by atoms with Gasteiger partial charge in [0, 0.05) is 19.5 Å². The molecule has 0 spiro atoms. The van der Waals surface area contributed by atoms with Gasteiger partial charge in [-0.25, -0.2) is 0 Å². The lowest BCUT2D eigenvalue weighted by Crippen LogP contribution is -2.26. The van der Waals surface area contributed by atoms with Crippen molar-refractivity contribution in [1.82, 2.24) is 24.5 Å². The predicted molar refractivity (Wildman–Crippen MR) is 115 cm³/mol. The van der Waals surface area contributed by atoms with Gasteiger partial charge in [-0.2, -0.15) is 0 Å². The van der Waals surface area contributed by atoms with Crippen LogP contribution in [0.1, 0.15) is 19.8 Å². The molecule has 0 bridgehead atoms. The molecule has 1 aromatic carbocycles. The normalized spacial score (nSPS) is 11.0. The Kier molecular flexibility index (Phi) is 7.23. The number of hydrogen-bond acceptors (Lipinski definition) is 7. The van der Waals surface area contributed by atoms with Gasteiger partial charge in [0.1, 0.15) is 0 Å². The van der Waals surface area contributed by atoms with Gasteiger partial charge in [-0.1, -0.05) is 30.0 Å². The number of hydrogen-bond donors (Lipinski definition) is 1. The maximum Gasteiger partial charge on any atom is 0.305 e. The van der Waals surface area contributed by atoms with Crippen LogP contribution in [0.15, 0.2) is 46.9 Å². The van der Waals surface area contributed by atoms with Crippen LogP contribution in [0.5, 0.6) is 0 Å². The van der Waals surface area contributed by atoms with E-state index in [9.17, 15) is 14.4 Å². The molecular weight excluding hydrogens is 406 g/mol. The number of benzene rings is 1. The van der Waals surface area contributed by atoms with Crippen LogP contribution in [0.3, 0.4) is 0 Å². The highest BCUT2D eigenvalue weighted by Crippen LogP contribution is 2.21. The molecule has 0 aliphatic heterocycles. The molecule has 3 rings (SSSR count). The minimum atomic E-state index is -0.270. The van der Waals surface area contributed by atoms with E-state index in [1.165, 1.54) is 16.3 Å². The molecule has 10 heteroatoms. The maximum absolute atomic E-state index is 12.8. The predicted octanol–water partition coefficient (Wildman–Crippen LogP) is 1.78. The first kappa shape index (κ1) is 21.6. The van der Waals surface area contributed by atoms with E-state index in [1.807, 2.05) is 12.1 Å². The van der Waals surface area contributed by atoms with E-state index < -0.39 is 0 Å². The van der Waals surface area contributed by atoms with Crippen molar-refractivity contribution in [1.29, 1.82) is 0 Å². The highest BCUT2D eigenvalue weighted by molar-refractivity contribution is 7.99. The summed E-state index contributed by atoms with van der Waals surface area (Å²) in [7, 11) is 0. The maximum atomic E-state index is 12.8. The van der Waals surface area contributed by atoms with Crippen molar-refractivity contribution in [3.63, 3.8) is 0 Å². The van der Waals surface area contributed by atoms with Gasteiger partial charge >= 0.3 is 5.97 Å². The Bertz CT molecular complexity index is 1140. The van der Waals surface area contributed by atoms with Crippen LogP contribution < -0.4 is 10.9 Å². The fraction of sp³-hybridized carbons (Fsp3) is 0.350. The summed E-state index contributed by atoms with van der Waals surface area (Å²) in [4.78, 5) is 36.2. The third kappa shape index (κ3) is 4.70. The number of esters is 1. The Balaban J connectivity index is 1.73. The average molecular weight is 430 g/mol. The Morgan fingerprint density at radius 1 is 1.30 bits per heavy atom. The van der Waals surface area contributed by atoms with Gasteiger partial charge in [0.05, 0.1) is 23.3 Å². The molecule has 0 saturated carbocycles. The van der Waals surface area contributed by atoms with Crippen LogP contribution in [-0.2, 0) is 20.9 Å². The van der Waals surface area contributed by atoms with Crippen molar-refractivity contribution >= 4 is 40.3 Å². The van der Waals surface area contributed by atoms with E-state index >= 15 is 0 Å². The number of allylic oxidation sites excluding steroid dienone is 1. The number of para-hydroxylation sites is 1. The molecule has 158 valence electrons. The van der Waals surface area contributed by atoms with E-state index in [1.54, 1.807) is 29.5 Å². The molecule has 0 unspecified atom stereocenters. The second-order valence-corrected chi connectivity index (χ2v) is 7.33. The number of nitrogens with one attached hydrogen (secondary N) is 1. The van der Waals surface area contributed by atoms with Gasteiger partial charge in [0.2, 0.25) is 11.7 Å². The summed E-state index contributed by atoms with van der Waals surface area (Å²) in [6, 6.07) is 7.21. The Morgan fingerprint density at radius 3 is 2.87 bits per heavy atom. The minimum absolute atomic E-state index is 0.134. The largest absolute Gasteiger partial charge is 0.466 e. The number of ether oxygens (including phenoxy) is 1. The number of amides is 1. The summed E-state index contributed by atoms with van der Waals surface area (Å²) in [5.41, 5.74) is 0.515. The van der Waals surface area contributed by atoms with Crippen molar-refractivity contribution in [3.05, 3.63) is 47.3 Å². The number of carbonyl (C=O) groups is 2. The summed E-state index contributed by atoms with van der Waals surface area (Å²) >= 11 is 1.23. The topological polar surface area (TPSA) is 108 Å². The van der Waals surface area contributed by atoms with Gasteiger partial charge in [-0.3, -0.25) is 23.4 Å². The number of carbonyl (C=O) groups excluding carboxylic acids is 2. The van der Waals surface area contributed by atoms with Gasteiger partial charge in [0.25, 0.3) is 5.56 Å². The molecule has 30 heavy (non-hydrogen) atoms. The number of nitrogens with zero attached hydrogens (tertiary/aromatic N) is 4. The Labute approximate surface area is 177 Å². The summed E-state index contributed by atoms with van der Waals surface area (Å²) < 4.78 is 8.13. The molecule has 0 atom stereocenters. The third-order valence-electron chi connectivity index (χ3n) is 4.31. The fourth-order valence-electron chi connectivity index (χ4n) is 3.00. The molecule has 2 heterocycles. The summed E-state index contributed by atoms with van der Waals surface area (Å²) in [6.07, 6.45) is 2.41. The van der Waals surface area contributed by atoms with E-state index in [4.69, 9.17) is 4.74 Å². The molecule has 0 saturated heterocycles. The third-order valence-corrected chi connectivity index (χ3v) is 5.24. The lowest BCUT2D eigenvalue weighted by atomic mass is 10.2. The molecule has 0 fully saturated rings. The summed E-state index contributed by atoms with van der Waals surface area (Å²) in [6.45, 7) is 6.50. The Morgan fingerprint density at radius 2 is 2.10 bits per heavy atom. The molecule has 1 amide bonds. The summed E-state index contributed by atoms with van der Waals surface area (Å²) in [5, 5.41) is 12.2. The minimum Gasteiger partial charge on any atom is -0.466 e. The summed E-state index contributed by atoms with van der Waals surface area (Å²) in [5.74, 6) is 0.0866. The monoisotopic (exact) mass is 429 g/mol. The van der Waals surface area contributed by atoms with Crippen LogP contribution in [0, 0.1) is 0 Å². The zero-order valence-corrected chi connectivity index (χ0v) is 17.5. The smallest absolute Gasteiger partial charge is 0.305 e. The number of rotatable bonds is 10. The standard InChI is InChI=1S/C20H23N5O4S/c1-3-12-24-18(28)14-8-5-6-9-15(14)25-19(24)22-23-20(25)30-13-16(26)21-11-7-10-17(27)29-4-2/h3,5-6,8-9H,1,4,7,10-13H2,2H3,(H,21,26). The molecule has 0 aliphatic rings. The van der Waals surface area contributed by atoms with Crippen molar-refractivity contribution < 1.29 is 14.3 Å². The van der Waals surface area contributed by atoms with E-state index in [0.29, 0.717) is 48.0 Å². The second-order valence-electron chi connectivity index (χ2n) is 6.39. The van der Waals surface area contributed by atoms with Crippen LogP contribution in [0.25, 0.3) is 16.7 Å². The van der Waals surface area contributed by atoms with Crippen molar-refractivity contribution in [2.75, 3.05) is 18.9 Å². The van der Waals surface area contributed by atoms with Crippen LogP contribution in [0.4, 0.5) is 0 Å². The van der Waals surface area contributed by atoms with Crippen LogP contribution in [0.2, 0.25) is 0 Å². The average Bonchev–Trinajstić information content (AvgIpc) is 3.17. The van der Waals surface area contributed by atoms with E-state index in [2.05, 4.69) is 22.1 Å². The van der Waals surface area contributed by atoms with Crippen molar-refractivity contribution in [3.8, 4) is 0 Å². The molecule has 0 aliphatic carbocycles. The first-order chi connectivity index (χ1) is 14.6. The van der Waals surface area contributed by atoms with Gasteiger partial charge in [-0.15, -0.1) is 16.8 Å². The molecule has 2 aromatic heterocycles. The molecule has 3 aromatic rings. The fourth-order valence-corrected chi connectivity index (χ4v) is 3.77. The molecular formula is C20H23N5O4S. The second kappa shape index (κ2) is 10.1. The first-order valence-electron chi connectivity index (χ1n) is 9.59. The first-order valence-corrected chi connectivity index (χ1v) is 10.6. The van der Waals surface area contributed by atoms with Crippen LogP contribution >= 0.6 is 11.8 Å². The van der Waals surface area contributed by atoms with Gasteiger partial charge < -0.3 is 10.1 Å². The lowest BCUT2D eigenvalue weighted by molar-refractivity contribution is -0.143. The SMILES string of the molecule is C=CCn1c(=O)c2ccccc2n2c(SCC(=O)NCCCC(=O)OCC)nnc12. The van der Waals surface area contributed by atoms with E-state index in [-0.39, 0.29) is 29.6 Å². The number of fused-ring (bicyclic) bond motifs is 3. The zero-order valence-electron chi connectivity index (χ0n) is 16.7. The molecule has 1 N–H and O–H groups in total. The Hall–Kier alpha value is -3.14. The molecule has 9 nitrogen and oxygen atoms in total. The van der Waals surface area contributed by atoms with Crippen molar-refractivity contribution in [2.45, 2.75) is 31.5 Å². The zero-order chi connectivity index (χ0) is 21.5. The van der Waals surface area contributed by atoms with Crippen molar-refractivity contribution in [2.24, 2.45) is 0 Å². The number of aromatic nitrogens is 4. The highest BCUT2D eigenvalue weighted by atomic mass is 32.2. The molecule has 0 radical (unpaired) electrons. The van der Waals surface area contributed by atoms with Crippen LogP contribution in [-0.4, -0.2) is 49.9 Å².